The van der Waals surface area contributed by atoms with Gasteiger partial charge in [0.2, 0.25) is 5.91 Å². The van der Waals surface area contributed by atoms with E-state index >= 15 is 0 Å². The average Bonchev–Trinajstić information content (AvgIpc) is 2.68. The molecule has 6 nitrogen and oxygen atoms in total. The second kappa shape index (κ2) is 10.8. The van der Waals surface area contributed by atoms with Crippen LogP contribution in [0.2, 0.25) is 0 Å². The Labute approximate surface area is 164 Å². The van der Waals surface area contributed by atoms with Crippen molar-refractivity contribution in [2.45, 2.75) is 32.6 Å². The van der Waals surface area contributed by atoms with Gasteiger partial charge in [-0.3, -0.25) is 9.79 Å². The van der Waals surface area contributed by atoms with Gasteiger partial charge in [0.1, 0.15) is 0 Å². The van der Waals surface area contributed by atoms with E-state index in [2.05, 4.69) is 65.7 Å². The van der Waals surface area contributed by atoms with Gasteiger partial charge in [-0.05, 0) is 49.8 Å². The lowest BCUT2D eigenvalue weighted by atomic mass is 9.93. The van der Waals surface area contributed by atoms with Gasteiger partial charge in [0.15, 0.2) is 5.96 Å². The predicted octanol–water partition coefficient (Wildman–Crippen LogP) is 2.11. The fraction of sp³-hybridized carbons (Fsp3) is 0.619. The summed E-state index contributed by atoms with van der Waals surface area (Å²) in [5, 5.41) is 6.15. The number of nitrogens with one attached hydrogen (secondary N) is 2. The van der Waals surface area contributed by atoms with Crippen LogP contribution < -0.4 is 15.5 Å². The fourth-order valence-corrected chi connectivity index (χ4v) is 3.39. The van der Waals surface area contributed by atoms with Crippen molar-refractivity contribution in [3.63, 3.8) is 0 Å². The second-order valence-electron chi connectivity index (χ2n) is 7.35. The third-order valence-electron chi connectivity index (χ3n) is 5.12. The molecule has 150 valence electrons. The molecule has 0 saturated carbocycles. The monoisotopic (exact) mass is 373 g/mol. The SMILES string of the molecule is CCNC(=NCCc1ccc(N(C)C)cc1)N1CCC(CC(=O)NC)CC1. The quantitative estimate of drug-likeness (QED) is 0.568. The van der Waals surface area contributed by atoms with Crippen LogP contribution in [0.5, 0.6) is 0 Å². The van der Waals surface area contributed by atoms with E-state index in [0.29, 0.717) is 12.3 Å². The van der Waals surface area contributed by atoms with Crippen molar-refractivity contribution in [2.24, 2.45) is 10.9 Å². The molecule has 1 fully saturated rings. The van der Waals surface area contributed by atoms with Crippen LogP contribution in [-0.4, -0.2) is 64.1 Å². The summed E-state index contributed by atoms with van der Waals surface area (Å²) in [5.41, 5.74) is 2.53. The molecule has 1 aliphatic heterocycles. The van der Waals surface area contributed by atoms with Crippen LogP contribution in [0.15, 0.2) is 29.3 Å². The zero-order valence-electron chi connectivity index (χ0n) is 17.3. The number of guanidine groups is 1. The van der Waals surface area contributed by atoms with Crippen molar-refractivity contribution in [3.05, 3.63) is 29.8 Å². The highest BCUT2D eigenvalue weighted by Gasteiger charge is 2.22. The third-order valence-corrected chi connectivity index (χ3v) is 5.12. The van der Waals surface area contributed by atoms with Gasteiger partial charge in [-0.15, -0.1) is 0 Å². The minimum absolute atomic E-state index is 0.148. The average molecular weight is 374 g/mol. The normalized spacial score (nSPS) is 15.6. The molecule has 0 atom stereocenters. The largest absolute Gasteiger partial charge is 0.378 e. The Bertz CT molecular complexity index is 604. The molecule has 2 N–H and O–H groups in total. The maximum atomic E-state index is 11.6. The Kier molecular flexibility index (Phi) is 8.43. The van der Waals surface area contributed by atoms with Gasteiger partial charge < -0.3 is 20.4 Å². The highest BCUT2D eigenvalue weighted by molar-refractivity contribution is 5.80. The van der Waals surface area contributed by atoms with E-state index in [1.165, 1.54) is 11.3 Å². The molecule has 0 aromatic heterocycles. The van der Waals surface area contributed by atoms with Crippen molar-refractivity contribution < 1.29 is 4.79 Å². The van der Waals surface area contributed by atoms with Crippen molar-refractivity contribution in [2.75, 3.05) is 52.2 Å². The lowest BCUT2D eigenvalue weighted by Crippen LogP contribution is -2.46. The number of carbonyl (C=O) groups excluding carboxylic acids is 1. The van der Waals surface area contributed by atoms with Crippen LogP contribution in [0.25, 0.3) is 0 Å². The fourth-order valence-electron chi connectivity index (χ4n) is 3.39. The number of nitrogens with zero attached hydrogens (tertiary/aromatic N) is 3. The molecular weight excluding hydrogens is 338 g/mol. The number of amides is 1. The van der Waals surface area contributed by atoms with Crippen molar-refractivity contribution in [1.29, 1.82) is 0 Å². The van der Waals surface area contributed by atoms with Crippen LogP contribution in [0, 0.1) is 5.92 Å². The maximum Gasteiger partial charge on any atom is 0.220 e. The second-order valence-corrected chi connectivity index (χ2v) is 7.35. The Morgan fingerprint density at radius 2 is 1.89 bits per heavy atom. The number of carbonyl (C=O) groups is 1. The van der Waals surface area contributed by atoms with Crippen LogP contribution in [0.3, 0.4) is 0 Å². The molecule has 1 aliphatic rings. The Morgan fingerprint density at radius 3 is 2.44 bits per heavy atom. The Balaban J connectivity index is 1.86. The van der Waals surface area contributed by atoms with E-state index in [1.807, 2.05) is 0 Å². The van der Waals surface area contributed by atoms with E-state index in [-0.39, 0.29) is 5.91 Å². The first-order valence-corrected chi connectivity index (χ1v) is 10.0. The number of anilines is 1. The van der Waals surface area contributed by atoms with Crippen LogP contribution in [0.1, 0.15) is 31.7 Å². The summed E-state index contributed by atoms with van der Waals surface area (Å²) in [4.78, 5) is 20.8. The molecule has 1 saturated heterocycles. The third kappa shape index (κ3) is 6.77. The van der Waals surface area contributed by atoms with E-state index in [9.17, 15) is 4.79 Å². The van der Waals surface area contributed by atoms with E-state index in [4.69, 9.17) is 4.99 Å². The summed E-state index contributed by atoms with van der Waals surface area (Å²) in [6.07, 6.45) is 3.67. The van der Waals surface area contributed by atoms with Crippen molar-refractivity contribution >= 4 is 17.6 Å². The topological polar surface area (TPSA) is 60.0 Å². The summed E-state index contributed by atoms with van der Waals surface area (Å²) < 4.78 is 0. The molecule has 1 aromatic rings. The molecular formula is C21H35N5O. The minimum Gasteiger partial charge on any atom is -0.378 e. The smallest absolute Gasteiger partial charge is 0.220 e. The zero-order chi connectivity index (χ0) is 19.6. The van der Waals surface area contributed by atoms with Gasteiger partial charge in [-0.25, -0.2) is 0 Å². The standard InChI is InChI=1S/C21H35N5O/c1-5-23-21(26-14-11-18(12-15-26)16-20(27)22-2)24-13-10-17-6-8-19(9-7-17)25(3)4/h6-9,18H,5,10-16H2,1-4H3,(H,22,27)(H,23,24). The predicted molar refractivity (Wildman–Crippen MR) is 113 cm³/mol. The summed E-state index contributed by atoms with van der Waals surface area (Å²) in [5.74, 6) is 1.63. The zero-order valence-corrected chi connectivity index (χ0v) is 17.3. The Hall–Kier alpha value is -2.24. The number of piperidine rings is 1. The first-order chi connectivity index (χ1) is 13.0. The molecule has 0 bridgehead atoms. The minimum atomic E-state index is 0.148. The van der Waals surface area contributed by atoms with Crippen LogP contribution in [-0.2, 0) is 11.2 Å². The maximum absolute atomic E-state index is 11.6. The van der Waals surface area contributed by atoms with Crippen LogP contribution >= 0.6 is 0 Å². The molecule has 2 rings (SSSR count). The van der Waals surface area contributed by atoms with Gasteiger partial charge in [0.05, 0.1) is 0 Å². The highest BCUT2D eigenvalue weighted by Crippen LogP contribution is 2.20. The molecule has 1 amide bonds. The number of hydrogen-bond acceptors (Lipinski definition) is 3. The summed E-state index contributed by atoms with van der Waals surface area (Å²) in [7, 11) is 5.82. The lowest BCUT2D eigenvalue weighted by molar-refractivity contribution is -0.121. The highest BCUT2D eigenvalue weighted by atomic mass is 16.1. The molecule has 1 heterocycles. The summed E-state index contributed by atoms with van der Waals surface area (Å²) >= 11 is 0. The number of benzene rings is 1. The molecule has 27 heavy (non-hydrogen) atoms. The molecule has 0 spiro atoms. The molecule has 0 radical (unpaired) electrons. The number of rotatable bonds is 7. The summed E-state index contributed by atoms with van der Waals surface area (Å²) in [6, 6.07) is 8.67. The van der Waals surface area contributed by atoms with Gasteiger partial charge in [-0.1, -0.05) is 12.1 Å². The molecule has 1 aromatic carbocycles. The molecule has 0 aliphatic carbocycles. The number of hydrogen-bond donors (Lipinski definition) is 2. The molecule has 6 heteroatoms. The molecule has 0 unspecified atom stereocenters. The first kappa shape index (κ1) is 21.1. The van der Waals surface area contributed by atoms with Crippen LogP contribution in [0.4, 0.5) is 5.69 Å². The van der Waals surface area contributed by atoms with Gasteiger partial charge >= 0.3 is 0 Å². The van der Waals surface area contributed by atoms with E-state index < -0.39 is 0 Å². The van der Waals surface area contributed by atoms with Gasteiger partial charge in [-0.2, -0.15) is 0 Å². The lowest BCUT2D eigenvalue weighted by Gasteiger charge is -2.34. The van der Waals surface area contributed by atoms with Crippen molar-refractivity contribution in [1.82, 2.24) is 15.5 Å². The summed E-state index contributed by atoms with van der Waals surface area (Å²) in [6.45, 7) is 5.68. The van der Waals surface area contributed by atoms with Gasteiger partial charge in [0.25, 0.3) is 0 Å². The van der Waals surface area contributed by atoms with Crippen molar-refractivity contribution in [3.8, 4) is 0 Å². The van der Waals surface area contributed by atoms with Gasteiger partial charge in [0, 0.05) is 59.4 Å². The van der Waals surface area contributed by atoms with E-state index in [1.54, 1.807) is 7.05 Å². The first-order valence-electron chi connectivity index (χ1n) is 10.0. The number of likely N-dealkylation sites (tertiary alicyclic amines) is 1. The Morgan fingerprint density at radius 1 is 1.22 bits per heavy atom. The number of aliphatic imine (C=N–C) groups is 1. The van der Waals surface area contributed by atoms with E-state index in [0.717, 1.165) is 51.4 Å².